The van der Waals surface area contributed by atoms with E-state index in [0.29, 0.717) is 0 Å². The van der Waals surface area contributed by atoms with Crippen molar-refractivity contribution in [3.8, 4) is 0 Å². The van der Waals surface area contributed by atoms with Gasteiger partial charge < -0.3 is 4.74 Å². The minimum Gasteiger partial charge on any atom is -0.453 e. The van der Waals surface area contributed by atoms with Crippen molar-refractivity contribution in [3.63, 3.8) is 0 Å². The zero-order valence-electron chi connectivity index (χ0n) is 11.7. The molecule has 11 heteroatoms. The Labute approximate surface area is 125 Å². The van der Waals surface area contributed by atoms with Crippen LogP contribution in [-0.2, 0) is 14.8 Å². The van der Waals surface area contributed by atoms with Gasteiger partial charge in [-0.1, -0.05) is 6.92 Å². The SMILES string of the molecule is CCNS(=O)(=O)c1cc(NC(=O)OC)c([N+](=O)[O-])cc1C=O. The van der Waals surface area contributed by atoms with Crippen molar-refractivity contribution in [1.82, 2.24) is 4.72 Å². The Bertz CT molecular complexity index is 715. The second-order valence-corrected chi connectivity index (χ2v) is 5.64. The van der Waals surface area contributed by atoms with E-state index in [2.05, 4.69) is 9.46 Å². The van der Waals surface area contributed by atoms with E-state index in [1.54, 1.807) is 0 Å². The van der Waals surface area contributed by atoms with Gasteiger partial charge in [0.05, 0.1) is 16.9 Å². The highest BCUT2D eigenvalue weighted by atomic mass is 32.2. The maximum absolute atomic E-state index is 12.0. The smallest absolute Gasteiger partial charge is 0.411 e. The van der Waals surface area contributed by atoms with E-state index in [1.807, 2.05) is 5.32 Å². The number of nitrogens with one attached hydrogen (secondary N) is 2. The second-order valence-electron chi connectivity index (χ2n) is 3.90. The van der Waals surface area contributed by atoms with Crippen molar-refractivity contribution in [1.29, 1.82) is 0 Å². The lowest BCUT2D eigenvalue weighted by molar-refractivity contribution is -0.384. The fourth-order valence-electron chi connectivity index (χ4n) is 1.59. The number of carbonyl (C=O) groups is 2. The number of anilines is 1. The van der Waals surface area contributed by atoms with Gasteiger partial charge in [-0.3, -0.25) is 20.2 Å². The highest BCUT2D eigenvalue weighted by Crippen LogP contribution is 2.30. The zero-order valence-corrected chi connectivity index (χ0v) is 12.5. The number of hydrogen-bond acceptors (Lipinski definition) is 7. The average Bonchev–Trinajstić information content (AvgIpc) is 2.46. The molecular formula is C11H13N3O7S. The van der Waals surface area contributed by atoms with Crippen LogP contribution in [0.5, 0.6) is 0 Å². The van der Waals surface area contributed by atoms with Crippen molar-refractivity contribution in [3.05, 3.63) is 27.8 Å². The van der Waals surface area contributed by atoms with E-state index in [4.69, 9.17) is 0 Å². The molecule has 120 valence electrons. The van der Waals surface area contributed by atoms with Gasteiger partial charge in [0.1, 0.15) is 5.69 Å². The molecule has 0 bridgehead atoms. The lowest BCUT2D eigenvalue weighted by Gasteiger charge is -2.11. The Morgan fingerprint density at radius 2 is 2.09 bits per heavy atom. The molecule has 1 rings (SSSR count). The number of methoxy groups -OCH3 is 1. The van der Waals surface area contributed by atoms with Crippen molar-refractivity contribution < 1.29 is 27.7 Å². The van der Waals surface area contributed by atoms with Gasteiger partial charge in [0.25, 0.3) is 5.69 Å². The molecule has 0 radical (unpaired) electrons. The first-order valence-electron chi connectivity index (χ1n) is 5.89. The lowest BCUT2D eigenvalue weighted by Crippen LogP contribution is -2.25. The van der Waals surface area contributed by atoms with E-state index in [-0.39, 0.29) is 12.8 Å². The molecule has 0 unspecified atom stereocenters. The van der Waals surface area contributed by atoms with E-state index in [0.717, 1.165) is 19.2 Å². The minimum atomic E-state index is -4.06. The molecule has 10 nitrogen and oxygen atoms in total. The third-order valence-electron chi connectivity index (χ3n) is 2.50. The molecular weight excluding hydrogens is 318 g/mol. The number of hydrogen-bond donors (Lipinski definition) is 2. The average molecular weight is 331 g/mol. The van der Waals surface area contributed by atoms with Gasteiger partial charge in [-0.15, -0.1) is 0 Å². The number of ether oxygens (including phenoxy) is 1. The summed E-state index contributed by atoms with van der Waals surface area (Å²) in [6.45, 7) is 1.58. The Morgan fingerprint density at radius 3 is 2.55 bits per heavy atom. The molecule has 0 saturated heterocycles. The Kier molecular flexibility index (Phi) is 5.54. The molecule has 0 fully saturated rings. The van der Waals surface area contributed by atoms with Gasteiger partial charge in [-0.25, -0.2) is 17.9 Å². The normalized spacial score (nSPS) is 10.8. The quantitative estimate of drug-likeness (QED) is 0.447. The molecule has 2 N–H and O–H groups in total. The Morgan fingerprint density at radius 1 is 1.45 bits per heavy atom. The number of aldehydes is 1. The summed E-state index contributed by atoms with van der Waals surface area (Å²) in [6.07, 6.45) is -0.840. The molecule has 22 heavy (non-hydrogen) atoms. The van der Waals surface area contributed by atoms with E-state index in [1.165, 1.54) is 6.92 Å². The number of benzene rings is 1. The standard InChI is InChI=1S/C11H13N3O7S/c1-3-12-22(19,20)10-5-8(13-11(16)21-2)9(14(17)18)4-7(10)6-15/h4-6,12H,3H2,1-2H3,(H,13,16). The van der Waals surface area contributed by atoms with Crippen LogP contribution in [0.2, 0.25) is 0 Å². The van der Waals surface area contributed by atoms with E-state index < -0.39 is 42.9 Å². The minimum absolute atomic E-state index is 0.0530. The van der Waals surface area contributed by atoms with Crippen molar-refractivity contribution in [2.45, 2.75) is 11.8 Å². The highest BCUT2D eigenvalue weighted by molar-refractivity contribution is 7.89. The fraction of sp³-hybridized carbons (Fsp3) is 0.273. The first-order valence-corrected chi connectivity index (χ1v) is 7.37. The molecule has 0 aliphatic carbocycles. The number of sulfonamides is 1. The van der Waals surface area contributed by atoms with Crippen molar-refractivity contribution in [2.24, 2.45) is 0 Å². The number of amides is 1. The van der Waals surface area contributed by atoms with Gasteiger partial charge in [0, 0.05) is 18.2 Å². The molecule has 1 amide bonds. The van der Waals surface area contributed by atoms with Gasteiger partial charge in [-0.2, -0.15) is 0 Å². The zero-order chi connectivity index (χ0) is 16.9. The Hall–Kier alpha value is -2.53. The summed E-state index contributed by atoms with van der Waals surface area (Å²) in [4.78, 5) is 31.9. The Balaban J connectivity index is 3.58. The molecule has 0 aromatic heterocycles. The third kappa shape index (κ3) is 3.77. The van der Waals surface area contributed by atoms with Crippen LogP contribution in [0.3, 0.4) is 0 Å². The van der Waals surface area contributed by atoms with Crippen molar-refractivity contribution in [2.75, 3.05) is 19.0 Å². The lowest BCUT2D eigenvalue weighted by atomic mass is 10.2. The number of nitrogens with zero attached hydrogens (tertiary/aromatic N) is 1. The molecule has 0 atom stereocenters. The summed E-state index contributed by atoms with van der Waals surface area (Å²) in [7, 11) is -3.02. The van der Waals surface area contributed by atoms with Gasteiger partial charge in [-0.05, 0) is 6.07 Å². The number of carbonyl (C=O) groups excluding carboxylic acids is 2. The van der Waals surface area contributed by atoms with Crippen LogP contribution in [0.15, 0.2) is 17.0 Å². The highest BCUT2D eigenvalue weighted by Gasteiger charge is 2.25. The predicted octanol–water partition coefficient (Wildman–Crippen LogP) is 0.884. The molecule has 1 aromatic carbocycles. The van der Waals surface area contributed by atoms with Gasteiger partial charge in [0.2, 0.25) is 10.0 Å². The van der Waals surface area contributed by atoms with E-state index >= 15 is 0 Å². The van der Waals surface area contributed by atoms with Crippen LogP contribution in [-0.4, -0.2) is 39.4 Å². The van der Waals surface area contributed by atoms with Crippen molar-refractivity contribution >= 4 is 33.8 Å². The topological polar surface area (TPSA) is 145 Å². The summed E-state index contributed by atoms with van der Waals surface area (Å²) in [5, 5.41) is 13.0. The monoisotopic (exact) mass is 331 g/mol. The number of nitro groups is 1. The maximum atomic E-state index is 12.0. The first kappa shape index (κ1) is 17.5. The number of nitro benzene ring substituents is 1. The second kappa shape index (κ2) is 6.95. The van der Waals surface area contributed by atoms with E-state index in [9.17, 15) is 28.1 Å². The molecule has 0 saturated carbocycles. The first-order chi connectivity index (χ1) is 10.3. The van der Waals surface area contributed by atoms with Crippen LogP contribution in [0, 0.1) is 10.1 Å². The van der Waals surface area contributed by atoms with Gasteiger partial charge >= 0.3 is 6.09 Å². The van der Waals surface area contributed by atoms with Crippen LogP contribution >= 0.6 is 0 Å². The molecule has 0 heterocycles. The number of rotatable bonds is 6. The van der Waals surface area contributed by atoms with Crippen LogP contribution in [0.25, 0.3) is 0 Å². The fourth-order valence-corrected chi connectivity index (χ4v) is 2.82. The largest absolute Gasteiger partial charge is 0.453 e. The summed E-state index contributed by atoms with van der Waals surface area (Å²) < 4.78 is 30.5. The summed E-state index contributed by atoms with van der Waals surface area (Å²) >= 11 is 0. The predicted molar refractivity (Wildman–Crippen MR) is 75.4 cm³/mol. The summed E-state index contributed by atoms with van der Waals surface area (Å²) in [6, 6.07) is 1.60. The molecule has 0 aliphatic rings. The van der Waals surface area contributed by atoms with Crippen LogP contribution < -0.4 is 10.0 Å². The molecule has 1 aromatic rings. The third-order valence-corrected chi connectivity index (χ3v) is 4.10. The van der Waals surface area contributed by atoms with Crippen LogP contribution in [0.4, 0.5) is 16.2 Å². The molecule has 0 aliphatic heterocycles. The van der Waals surface area contributed by atoms with Crippen LogP contribution in [0.1, 0.15) is 17.3 Å². The summed E-state index contributed by atoms with van der Waals surface area (Å²) in [5.74, 6) is 0. The molecule has 0 spiro atoms. The maximum Gasteiger partial charge on any atom is 0.411 e. The van der Waals surface area contributed by atoms with Gasteiger partial charge in [0.15, 0.2) is 6.29 Å². The summed E-state index contributed by atoms with van der Waals surface area (Å²) in [5.41, 5.74) is -1.44.